The number of hydrogen-bond acceptors (Lipinski definition) is 4. The highest BCUT2D eigenvalue weighted by molar-refractivity contribution is 7.90. The van der Waals surface area contributed by atoms with Crippen molar-refractivity contribution in [3.63, 3.8) is 0 Å². The van der Waals surface area contributed by atoms with Crippen molar-refractivity contribution in [1.82, 2.24) is 10.2 Å². The second-order valence-corrected chi connectivity index (χ2v) is 10.8. The molecule has 0 radical (unpaired) electrons. The summed E-state index contributed by atoms with van der Waals surface area (Å²) >= 11 is 0. The van der Waals surface area contributed by atoms with Crippen molar-refractivity contribution in [3.8, 4) is 0 Å². The van der Waals surface area contributed by atoms with E-state index in [-0.39, 0.29) is 29.1 Å². The minimum Gasteiger partial charge on any atom is -0.334 e. The Morgan fingerprint density at radius 2 is 1.27 bits per heavy atom. The SMILES string of the molecule is N=C1NC(c2ccccc2)(c2ccccc2)C(=O)N1Cc1ccc(CS(=O)(=O)c2ccccc2F)cc1. The molecule has 0 saturated carbocycles. The predicted octanol–water partition coefficient (Wildman–Crippen LogP) is 4.61. The maximum atomic E-state index is 14.0. The highest BCUT2D eigenvalue weighted by Gasteiger charge is 2.52. The van der Waals surface area contributed by atoms with Crippen LogP contribution in [0.3, 0.4) is 0 Å². The highest BCUT2D eigenvalue weighted by Crippen LogP contribution is 2.36. The summed E-state index contributed by atoms with van der Waals surface area (Å²) in [6.45, 7) is 0.131. The van der Waals surface area contributed by atoms with E-state index in [9.17, 15) is 17.6 Å². The van der Waals surface area contributed by atoms with E-state index in [2.05, 4.69) is 5.32 Å². The zero-order chi connectivity index (χ0) is 26.0. The molecule has 37 heavy (non-hydrogen) atoms. The van der Waals surface area contributed by atoms with Crippen LogP contribution in [0.15, 0.2) is 114 Å². The summed E-state index contributed by atoms with van der Waals surface area (Å²) < 4.78 is 39.4. The summed E-state index contributed by atoms with van der Waals surface area (Å²) in [6, 6.07) is 30.7. The molecule has 2 N–H and O–H groups in total. The number of halogens is 1. The third kappa shape index (κ3) is 4.51. The molecule has 186 valence electrons. The van der Waals surface area contributed by atoms with E-state index in [1.165, 1.54) is 23.1 Å². The topological polar surface area (TPSA) is 90.3 Å². The van der Waals surface area contributed by atoms with Gasteiger partial charge >= 0.3 is 0 Å². The van der Waals surface area contributed by atoms with Crippen molar-refractivity contribution < 1.29 is 17.6 Å². The lowest BCUT2D eigenvalue weighted by atomic mass is 9.82. The first kappa shape index (κ1) is 24.4. The zero-order valence-electron chi connectivity index (χ0n) is 19.8. The van der Waals surface area contributed by atoms with Gasteiger partial charge in [0.05, 0.1) is 12.3 Å². The van der Waals surface area contributed by atoms with Gasteiger partial charge in [0.2, 0.25) is 0 Å². The maximum absolute atomic E-state index is 14.0. The van der Waals surface area contributed by atoms with Gasteiger partial charge in [-0.1, -0.05) is 97.1 Å². The molecule has 1 fully saturated rings. The van der Waals surface area contributed by atoms with Crippen LogP contribution >= 0.6 is 0 Å². The molecule has 6 nitrogen and oxygen atoms in total. The van der Waals surface area contributed by atoms with Crippen LogP contribution in [-0.2, 0) is 32.5 Å². The van der Waals surface area contributed by atoms with Gasteiger partial charge in [-0.15, -0.1) is 0 Å². The number of rotatable bonds is 7. The Morgan fingerprint density at radius 3 is 1.84 bits per heavy atom. The minimum absolute atomic E-state index is 0.0242. The van der Waals surface area contributed by atoms with Crippen molar-refractivity contribution >= 4 is 21.7 Å². The molecule has 0 aliphatic carbocycles. The predicted molar refractivity (Wildman–Crippen MR) is 139 cm³/mol. The molecule has 4 aromatic rings. The Labute approximate surface area is 214 Å². The molecule has 1 amide bonds. The molecular weight excluding hydrogens is 489 g/mol. The number of guanidine groups is 1. The molecule has 5 rings (SSSR count). The minimum atomic E-state index is -3.86. The number of hydrogen-bond donors (Lipinski definition) is 2. The van der Waals surface area contributed by atoms with E-state index in [1.807, 2.05) is 60.7 Å². The average molecular weight is 514 g/mol. The summed E-state index contributed by atoms with van der Waals surface area (Å²) in [5.74, 6) is -1.43. The van der Waals surface area contributed by atoms with Gasteiger partial charge in [0.15, 0.2) is 21.3 Å². The van der Waals surface area contributed by atoms with Gasteiger partial charge in [-0.2, -0.15) is 0 Å². The summed E-state index contributed by atoms with van der Waals surface area (Å²) in [4.78, 5) is 14.9. The molecular formula is C29H24FN3O3S. The second kappa shape index (κ2) is 9.63. The monoisotopic (exact) mass is 513 g/mol. The molecule has 8 heteroatoms. The van der Waals surface area contributed by atoms with Gasteiger partial charge in [0.25, 0.3) is 5.91 Å². The zero-order valence-corrected chi connectivity index (χ0v) is 20.6. The standard InChI is InChI=1S/C29H24FN3O3S/c30-25-13-7-8-14-26(25)37(35,36)20-22-17-15-21(16-18-22)19-33-27(34)29(32-28(33)31,23-9-3-1-4-10-23)24-11-5-2-6-12-24/h1-18H,19-20H2,(H2,31,32). The van der Waals surface area contributed by atoms with Gasteiger partial charge in [-0.3, -0.25) is 15.1 Å². The Balaban J connectivity index is 1.39. The van der Waals surface area contributed by atoms with Gasteiger partial charge in [0, 0.05) is 0 Å². The Kier molecular flexibility index (Phi) is 6.35. The van der Waals surface area contributed by atoms with Crippen LogP contribution in [0, 0.1) is 11.2 Å². The fourth-order valence-corrected chi connectivity index (χ4v) is 6.04. The number of nitrogens with zero attached hydrogens (tertiary/aromatic N) is 1. The lowest BCUT2D eigenvalue weighted by Gasteiger charge is -2.28. The molecule has 4 aromatic carbocycles. The van der Waals surface area contributed by atoms with Crippen molar-refractivity contribution in [3.05, 3.63) is 137 Å². The Morgan fingerprint density at radius 1 is 0.757 bits per heavy atom. The molecule has 0 unspecified atom stereocenters. The van der Waals surface area contributed by atoms with Crippen LogP contribution in [0.5, 0.6) is 0 Å². The number of carbonyl (C=O) groups is 1. The van der Waals surface area contributed by atoms with E-state index >= 15 is 0 Å². The lowest BCUT2D eigenvalue weighted by molar-refractivity contribution is -0.130. The van der Waals surface area contributed by atoms with Crippen molar-refractivity contribution in [1.29, 1.82) is 5.41 Å². The number of carbonyl (C=O) groups excluding carboxylic acids is 1. The van der Waals surface area contributed by atoms with Gasteiger partial charge in [0.1, 0.15) is 10.7 Å². The van der Waals surface area contributed by atoms with Gasteiger partial charge in [-0.25, -0.2) is 12.8 Å². The molecule has 1 saturated heterocycles. The first-order valence-corrected chi connectivity index (χ1v) is 13.3. The third-order valence-electron chi connectivity index (χ3n) is 6.45. The van der Waals surface area contributed by atoms with Crippen molar-refractivity contribution in [2.24, 2.45) is 0 Å². The number of nitrogens with one attached hydrogen (secondary N) is 2. The Hall–Kier alpha value is -4.30. The maximum Gasteiger partial charge on any atom is 0.264 e. The van der Waals surface area contributed by atoms with Crippen LogP contribution in [0.1, 0.15) is 22.3 Å². The third-order valence-corrected chi connectivity index (χ3v) is 8.16. The molecule has 1 heterocycles. The highest BCUT2D eigenvalue weighted by atomic mass is 32.2. The van der Waals surface area contributed by atoms with E-state index in [0.717, 1.165) is 22.8 Å². The largest absolute Gasteiger partial charge is 0.334 e. The van der Waals surface area contributed by atoms with E-state index in [1.54, 1.807) is 24.3 Å². The quantitative estimate of drug-likeness (QED) is 0.378. The number of amides is 1. The van der Waals surface area contributed by atoms with Crippen molar-refractivity contribution in [2.75, 3.05) is 0 Å². The van der Waals surface area contributed by atoms with E-state index < -0.39 is 21.2 Å². The normalized spacial score (nSPS) is 15.0. The molecule has 0 aromatic heterocycles. The van der Waals surface area contributed by atoms with Gasteiger partial charge < -0.3 is 5.32 Å². The number of sulfone groups is 1. The molecule has 0 bridgehead atoms. The van der Waals surface area contributed by atoms with E-state index in [4.69, 9.17) is 5.41 Å². The molecule has 0 atom stereocenters. The van der Waals surface area contributed by atoms with E-state index in [0.29, 0.717) is 5.56 Å². The van der Waals surface area contributed by atoms with Crippen LogP contribution in [-0.4, -0.2) is 25.2 Å². The number of benzene rings is 4. The van der Waals surface area contributed by atoms with Crippen LogP contribution in [0.25, 0.3) is 0 Å². The molecule has 0 spiro atoms. The van der Waals surface area contributed by atoms with Crippen LogP contribution < -0.4 is 5.32 Å². The van der Waals surface area contributed by atoms with Crippen LogP contribution in [0.2, 0.25) is 0 Å². The fraction of sp³-hybridized carbons (Fsp3) is 0.103. The van der Waals surface area contributed by atoms with Crippen LogP contribution in [0.4, 0.5) is 4.39 Å². The lowest BCUT2D eigenvalue weighted by Crippen LogP contribution is -2.45. The summed E-state index contributed by atoms with van der Waals surface area (Å²) in [5, 5.41) is 11.7. The Bertz CT molecular complexity index is 1520. The first-order valence-electron chi connectivity index (χ1n) is 11.7. The summed E-state index contributed by atoms with van der Waals surface area (Å²) in [7, 11) is -3.86. The smallest absolute Gasteiger partial charge is 0.264 e. The summed E-state index contributed by atoms with van der Waals surface area (Å²) in [6.07, 6.45) is 0. The second-order valence-electron chi connectivity index (χ2n) is 8.85. The molecule has 1 aliphatic rings. The fourth-order valence-electron chi connectivity index (χ4n) is 4.61. The first-order chi connectivity index (χ1) is 17.8. The van der Waals surface area contributed by atoms with Gasteiger partial charge in [-0.05, 0) is 34.4 Å². The summed E-state index contributed by atoms with van der Waals surface area (Å²) in [5.41, 5.74) is 1.45. The van der Waals surface area contributed by atoms with Crippen molar-refractivity contribution in [2.45, 2.75) is 22.7 Å². The average Bonchev–Trinajstić information content (AvgIpc) is 3.16. The molecule has 1 aliphatic heterocycles.